The summed E-state index contributed by atoms with van der Waals surface area (Å²) in [4.78, 5) is 26.8. The Hall–Kier alpha value is -1.85. The smallest absolute Gasteiger partial charge is 0.410 e. The zero-order chi connectivity index (χ0) is 12.3. The number of aromatic amines is 1. The molecule has 1 amide bonds. The summed E-state index contributed by atoms with van der Waals surface area (Å²) in [5, 5.41) is 0. The van der Waals surface area contributed by atoms with Crippen molar-refractivity contribution in [1.29, 1.82) is 0 Å². The van der Waals surface area contributed by atoms with Crippen LogP contribution in [-0.4, -0.2) is 35.8 Å². The largest absolute Gasteiger partial charge is 0.447 e. The van der Waals surface area contributed by atoms with E-state index in [0.29, 0.717) is 19.5 Å². The van der Waals surface area contributed by atoms with Gasteiger partial charge in [0, 0.05) is 24.7 Å². The third-order valence-corrected chi connectivity index (χ3v) is 2.65. The zero-order valence-electron chi connectivity index (χ0n) is 9.24. The van der Waals surface area contributed by atoms with Gasteiger partial charge in [-0.15, -0.1) is 0 Å². The summed E-state index contributed by atoms with van der Waals surface area (Å²) >= 11 is 0. The van der Waals surface area contributed by atoms with E-state index < -0.39 is 12.8 Å². The molecule has 0 aliphatic carbocycles. The number of rotatable bonds is 2. The summed E-state index contributed by atoms with van der Waals surface area (Å²) < 4.78 is 16.6. The molecule has 1 N–H and O–H groups in total. The fourth-order valence-electron chi connectivity index (χ4n) is 1.82. The van der Waals surface area contributed by atoms with Gasteiger partial charge in [0.15, 0.2) is 0 Å². The number of alkyl halides is 1. The van der Waals surface area contributed by atoms with Gasteiger partial charge in [-0.1, -0.05) is 6.07 Å². The van der Waals surface area contributed by atoms with Crippen LogP contribution in [0.4, 0.5) is 9.18 Å². The number of aromatic nitrogens is 1. The van der Waals surface area contributed by atoms with Crippen LogP contribution < -0.4 is 5.56 Å². The van der Waals surface area contributed by atoms with Gasteiger partial charge in [-0.3, -0.25) is 4.79 Å². The van der Waals surface area contributed by atoms with Crippen molar-refractivity contribution >= 4 is 6.09 Å². The Balaban J connectivity index is 2.06. The molecule has 1 aromatic heterocycles. The molecule has 0 unspecified atom stereocenters. The number of ether oxygens (including phenoxy) is 1. The van der Waals surface area contributed by atoms with Gasteiger partial charge in [0.25, 0.3) is 0 Å². The molecule has 1 aliphatic rings. The highest BCUT2D eigenvalue weighted by atomic mass is 19.1. The Morgan fingerprint density at radius 2 is 2.35 bits per heavy atom. The van der Waals surface area contributed by atoms with Crippen molar-refractivity contribution in [1.82, 2.24) is 9.88 Å². The number of fused-ring (bicyclic) bond motifs is 1. The molecule has 2 heterocycles. The number of amides is 1. The first-order valence-electron chi connectivity index (χ1n) is 5.39. The number of pyridine rings is 1. The minimum absolute atomic E-state index is 0.141. The maximum Gasteiger partial charge on any atom is 0.410 e. The quantitative estimate of drug-likeness (QED) is 0.833. The van der Waals surface area contributed by atoms with E-state index in [9.17, 15) is 14.0 Å². The molecule has 1 aliphatic heterocycles. The van der Waals surface area contributed by atoms with E-state index in [4.69, 9.17) is 4.74 Å². The Bertz CT molecular complexity index is 472. The van der Waals surface area contributed by atoms with E-state index in [0.717, 1.165) is 11.3 Å². The van der Waals surface area contributed by atoms with Gasteiger partial charge >= 0.3 is 6.09 Å². The molecule has 0 radical (unpaired) electrons. The highest BCUT2D eigenvalue weighted by Crippen LogP contribution is 2.15. The Kier molecular flexibility index (Phi) is 3.41. The standard InChI is InChI=1S/C11H13FN2O3/c12-4-6-17-11(16)14-5-3-9-8(7-14)1-2-10(15)13-9/h1-2H,3-7H2,(H,13,15). The van der Waals surface area contributed by atoms with E-state index in [1.54, 1.807) is 6.07 Å². The van der Waals surface area contributed by atoms with Gasteiger partial charge in [-0.2, -0.15) is 0 Å². The van der Waals surface area contributed by atoms with E-state index in [2.05, 4.69) is 4.98 Å². The fraction of sp³-hybridized carbons (Fsp3) is 0.455. The van der Waals surface area contributed by atoms with E-state index in [-0.39, 0.29) is 12.2 Å². The van der Waals surface area contributed by atoms with Crippen LogP contribution >= 0.6 is 0 Å². The summed E-state index contributed by atoms with van der Waals surface area (Å²) in [5.41, 5.74) is 1.61. The summed E-state index contributed by atoms with van der Waals surface area (Å²) in [5.74, 6) is 0. The lowest BCUT2D eigenvalue weighted by Gasteiger charge is -2.27. The van der Waals surface area contributed by atoms with E-state index in [1.165, 1.54) is 11.0 Å². The van der Waals surface area contributed by atoms with Crippen LogP contribution in [0.3, 0.4) is 0 Å². The van der Waals surface area contributed by atoms with Crippen molar-refractivity contribution in [3.05, 3.63) is 33.7 Å². The van der Waals surface area contributed by atoms with Crippen LogP contribution in [0.5, 0.6) is 0 Å². The highest BCUT2D eigenvalue weighted by molar-refractivity contribution is 5.68. The molecule has 92 valence electrons. The Morgan fingerprint density at radius 3 is 3.12 bits per heavy atom. The second-order valence-corrected chi connectivity index (χ2v) is 3.80. The van der Waals surface area contributed by atoms with Crippen molar-refractivity contribution in [2.45, 2.75) is 13.0 Å². The first-order valence-corrected chi connectivity index (χ1v) is 5.39. The van der Waals surface area contributed by atoms with Crippen molar-refractivity contribution in [3.63, 3.8) is 0 Å². The molecule has 0 spiro atoms. The second kappa shape index (κ2) is 4.99. The molecule has 0 fully saturated rings. The number of hydrogen-bond acceptors (Lipinski definition) is 3. The Morgan fingerprint density at radius 1 is 1.53 bits per heavy atom. The number of H-pyrrole nitrogens is 1. The van der Waals surface area contributed by atoms with Crippen LogP contribution in [-0.2, 0) is 17.7 Å². The van der Waals surface area contributed by atoms with Crippen LogP contribution in [0, 0.1) is 0 Å². The molecule has 0 aromatic carbocycles. The molecule has 0 saturated carbocycles. The van der Waals surface area contributed by atoms with Gasteiger partial charge in [-0.05, 0) is 5.56 Å². The predicted molar refractivity (Wildman–Crippen MR) is 58.5 cm³/mol. The highest BCUT2D eigenvalue weighted by Gasteiger charge is 2.21. The minimum Gasteiger partial charge on any atom is -0.447 e. The van der Waals surface area contributed by atoms with Crippen LogP contribution in [0.15, 0.2) is 16.9 Å². The van der Waals surface area contributed by atoms with Gasteiger partial charge in [0.2, 0.25) is 5.56 Å². The molecule has 1 aromatic rings. The second-order valence-electron chi connectivity index (χ2n) is 3.80. The first-order chi connectivity index (χ1) is 8.20. The number of nitrogens with zero attached hydrogens (tertiary/aromatic N) is 1. The molecule has 2 rings (SSSR count). The SMILES string of the molecule is O=C(OCCF)N1CCc2[nH]c(=O)ccc2C1. The average Bonchev–Trinajstić information content (AvgIpc) is 2.35. The normalized spacial score (nSPS) is 14.3. The van der Waals surface area contributed by atoms with Crippen molar-refractivity contribution < 1.29 is 13.9 Å². The minimum atomic E-state index is -0.677. The monoisotopic (exact) mass is 240 g/mol. The number of nitrogens with one attached hydrogen (secondary N) is 1. The van der Waals surface area contributed by atoms with Crippen molar-refractivity contribution in [2.75, 3.05) is 19.8 Å². The molecule has 0 atom stereocenters. The average molecular weight is 240 g/mol. The van der Waals surface area contributed by atoms with E-state index in [1.807, 2.05) is 0 Å². The maximum absolute atomic E-state index is 11.9. The maximum atomic E-state index is 11.9. The lowest BCUT2D eigenvalue weighted by Crippen LogP contribution is -2.37. The van der Waals surface area contributed by atoms with Crippen LogP contribution in [0.2, 0.25) is 0 Å². The first kappa shape index (κ1) is 11.6. The molecule has 5 nitrogen and oxygen atoms in total. The molecular weight excluding hydrogens is 227 g/mol. The molecular formula is C11H13FN2O3. The summed E-state index contributed by atoms with van der Waals surface area (Å²) in [6, 6.07) is 3.12. The molecule has 6 heteroatoms. The number of carbonyl (C=O) groups excluding carboxylic acids is 1. The lowest BCUT2D eigenvalue weighted by molar-refractivity contribution is 0.0918. The lowest BCUT2D eigenvalue weighted by atomic mass is 10.1. The summed E-state index contributed by atoms with van der Waals surface area (Å²) in [7, 11) is 0. The van der Waals surface area contributed by atoms with Gasteiger partial charge in [0.05, 0.1) is 6.54 Å². The Labute approximate surface area is 97.2 Å². The number of hydrogen-bond donors (Lipinski definition) is 1. The van der Waals surface area contributed by atoms with Gasteiger partial charge < -0.3 is 14.6 Å². The van der Waals surface area contributed by atoms with Crippen LogP contribution in [0.25, 0.3) is 0 Å². The topological polar surface area (TPSA) is 62.4 Å². The predicted octanol–water partition coefficient (Wildman–Crippen LogP) is 0.839. The molecule has 0 saturated heterocycles. The van der Waals surface area contributed by atoms with Crippen molar-refractivity contribution in [2.24, 2.45) is 0 Å². The summed E-state index contributed by atoms with van der Waals surface area (Å²) in [6.07, 6.45) is 0.0652. The molecule has 0 bridgehead atoms. The fourth-order valence-corrected chi connectivity index (χ4v) is 1.82. The van der Waals surface area contributed by atoms with Crippen LogP contribution in [0.1, 0.15) is 11.3 Å². The third kappa shape index (κ3) is 2.64. The van der Waals surface area contributed by atoms with Gasteiger partial charge in [-0.25, -0.2) is 9.18 Å². The number of halogens is 1. The van der Waals surface area contributed by atoms with Gasteiger partial charge in [0.1, 0.15) is 13.3 Å². The zero-order valence-corrected chi connectivity index (χ0v) is 9.24. The van der Waals surface area contributed by atoms with Crippen molar-refractivity contribution in [3.8, 4) is 0 Å². The summed E-state index contributed by atoms with van der Waals surface area (Å²) in [6.45, 7) is -0.0351. The third-order valence-electron chi connectivity index (χ3n) is 2.65. The molecule has 17 heavy (non-hydrogen) atoms. The van der Waals surface area contributed by atoms with E-state index >= 15 is 0 Å². The number of carbonyl (C=O) groups is 1.